The van der Waals surface area contributed by atoms with Crippen LogP contribution in [-0.4, -0.2) is 54.2 Å². The lowest BCUT2D eigenvalue weighted by Crippen LogP contribution is -2.42. The highest BCUT2D eigenvalue weighted by Gasteiger charge is 2.26. The van der Waals surface area contributed by atoms with Gasteiger partial charge in [0, 0.05) is 13.1 Å². The summed E-state index contributed by atoms with van der Waals surface area (Å²) in [4.78, 5) is 16.9. The third-order valence-corrected chi connectivity index (χ3v) is 6.28. The number of carbonyl (C=O) groups is 1. The zero-order chi connectivity index (χ0) is 22.2. The fraction of sp³-hybridized carbons (Fsp3) is 0.962. The van der Waals surface area contributed by atoms with Crippen molar-refractivity contribution in [3.63, 3.8) is 0 Å². The van der Waals surface area contributed by atoms with Crippen molar-refractivity contribution in [1.82, 2.24) is 9.80 Å². The van der Waals surface area contributed by atoms with E-state index in [4.69, 9.17) is 4.74 Å². The maximum atomic E-state index is 12.3. The monoisotopic (exact) mass is 424 g/mol. The molecule has 1 fully saturated rings. The zero-order valence-corrected chi connectivity index (χ0v) is 21.0. The minimum atomic E-state index is -0.400. The molecule has 0 spiro atoms. The van der Waals surface area contributed by atoms with E-state index in [1.54, 1.807) is 0 Å². The molecule has 0 atom stereocenters. The highest BCUT2D eigenvalue weighted by molar-refractivity contribution is 5.68. The number of hydrogen-bond acceptors (Lipinski definition) is 3. The number of likely N-dealkylation sites (tertiary alicyclic amines) is 1. The van der Waals surface area contributed by atoms with E-state index >= 15 is 0 Å². The second-order valence-corrected chi connectivity index (χ2v) is 10.4. The number of hydrogen-bond donors (Lipinski definition) is 0. The number of piperidine rings is 1. The third-order valence-electron chi connectivity index (χ3n) is 6.28. The van der Waals surface area contributed by atoms with Crippen molar-refractivity contribution < 1.29 is 9.53 Å². The van der Waals surface area contributed by atoms with Crippen LogP contribution in [0.25, 0.3) is 0 Å². The Labute approximate surface area is 188 Å². The summed E-state index contributed by atoms with van der Waals surface area (Å²) in [5.41, 5.74) is -0.400. The van der Waals surface area contributed by atoms with Gasteiger partial charge in [0.1, 0.15) is 5.60 Å². The molecule has 0 aromatic rings. The van der Waals surface area contributed by atoms with E-state index in [9.17, 15) is 4.79 Å². The summed E-state index contributed by atoms with van der Waals surface area (Å²) in [6.45, 7) is 15.9. The molecule has 0 bridgehead atoms. The quantitative estimate of drug-likeness (QED) is 0.259. The minimum absolute atomic E-state index is 0.138. The minimum Gasteiger partial charge on any atom is -0.444 e. The summed E-state index contributed by atoms with van der Waals surface area (Å²) in [6, 6.07) is 0. The number of amides is 1. The van der Waals surface area contributed by atoms with Gasteiger partial charge in [-0.2, -0.15) is 0 Å². The van der Waals surface area contributed by atoms with E-state index in [1.807, 2.05) is 25.7 Å². The van der Waals surface area contributed by atoms with E-state index in [0.29, 0.717) is 0 Å². The lowest BCUT2D eigenvalue weighted by molar-refractivity contribution is 0.0177. The van der Waals surface area contributed by atoms with Gasteiger partial charge in [-0.25, -0.2) is 4.79 Å². The predicted octanol–water partition coefficient (Wildman–Crippen LogP) is 7.27. The number of ether oxygens (including phenoxy) is 1. The van der Waals surface area contributed by atoms with Gasteiger partial charge in [0.25, 0.3) is 0 Å². The van der Waals surface area contributed by atoms with Crippen LogP contribution in [0.5, 0.6) is 0 Å². The molecule has 1 amide bonds. The largest absolute Gasteiger partial charge is 0.444 e. The van der Waals surface area contributed by atoms with Gasteiger partial charge in [-0.05, 0) is 78.4 Å². The van der Waals surface area contributed by atoms with Gasteiger partial charge in [0.2, 0.25) is 0 Å². The van der Waals surface area contributed by atoms with Crippen molar-refractivity contribution in [2.45, 2.75) is 124 Å². The molecule has 0 aromatic carbocycles. The van der Waals surface area contributed by atoms with Crippen LogP contribution in [0.4, 0.5) is 4.79 Å². The van der Waals surface area contributed by atoms with Gasteiger partial charge >= 0.3 is 6.09 Å². The Bertz CT molecular complexity index is 425. The topological polar surface area (TPSA) is 32.8 Å². The molecule has 4 heteroatoms. The number of unbranched alkanes of at least 4 members (excludes halogenated alkanes) is 8. The Morgan fingerprint density at radius 3 is 1.90 bits per heavy atom. The van der Waals surface area contributed by atoms with Gasteiger partial charge < -0.3 is 14.5 Å². The average Bonchev–Trinajstić information content (AvgIpc) is 2.70. The van der Waals surface area contributed by atoms with Gasteiger partial charge in [-0.3, -0.25) is 0 Å². The molecule has 0 aliphatic carbocycles. The first-order valence-electron chi connectivity index (χ1n) is 13.1. The van der Waals surface area contributed by atoms with E-state index < -0.39 is 5.60 Å². The summed E-state index contributed by atoms with van der Waals surface area (Å²) in [6.07, 6.45) is 17.1. The molecular formula is C26H52N2O2. The molecule has 0 unspecified atom stereocenters. The molecule has 1 aliphatic heterocycles. The van der Waals surface area contributed by atoms with E-state index in [0.717, 1.165) is 31.8 Å². The van der Waals surface area contributed by atoms with Crippen LogP contribution in [0.15, 0.2) is 0 Å². The zero-order valence-electron chi connectivity index (χ0n) is 21.0. The van der Waals surface area contributed by atoms with Gasteiger partial charge in [0.15, 0.2) is 0 Å². The molecule has 30 heavy (non-hydrogen) atoms. The maximum absolute atomic E-state index is 12.3. The molecule has 1 heterocycles. The summed E-state index contributed by atoms with van der Waals surface area (Å²) in [5, 5.41) is 0. The van der Waals surface area contributed by atoms with Crippen LogP contribution in [0.2, 0.25) is 0 Å². The second kappa shape index (κ2) is 15.9. The van der Waals surface area contributed by atoms with Crippen LogP contribution in [-0.2, 0) is 4.74 Å². The Hall–Kier alpha value is -0.770. The van der Waals surface area contributed by atoms with E-state index in [-0.39, 0.29) is 6.09 Å². The van der Waals surface area contributed by atoms with Crippen molar-refractivity contribution >= 4 is 6.09 Å². The summed E-state index contributed by atoms with van der Waals surface area (Å²) in [7, 11) is 0. The van der Waals surface area contributed by atoms with Crippen LogP contribution in [0.1, 0.15) is 118 Å². The van der Waals surface area contributed by atoms with Gasteiger partial charge in [0.05, 0.1) is 0 Å². The molecule has 0 radical (unpaired) electrons. The smallest absolute Gasteiger partial charge is 0.410 e. The van der Waals surface area contributed by atoms with Crippen LogP contribution < -0.4 is 0 Å². The average molecular weight is 425 g/mol. The Morgan fingerprint density at radius 1 is 0.833 bits per heavy atom. The number of nitrogens with zero attached hydrogens (tertiary/aromatic N) is 2. The second-order valence-electron chi connectivity index (χ2n) is 10.4. The first-order chi connectivity index (χ1) is 14.4. The summed E-state index contributed by atoms with van der Waals surface area (Å²) < 4.78 is 5.53. The van der Waals surface area contributed by atoms with Crippen LogP contribution in [0, 0.1) is 5.92 Å². The highest BCUT2D eigenvalue weighted by Crippen LogP contribution is 2.23. The van der Waals surface area contributed by atoms with E-state index in [1.165, 1.54) is 90.3 Å². The Balaban J connectivity index is 2.27. The third kappa shape index (κ3) is 13.5. The van der Waals surface area contributed by atoms with Crippen LogP contribution >= 0.6 is 0 Å². The highest BCUT2D eigenvalue weighted by atomic mass is 16.6. The van der Waals surface area contributed by atoms with Gasteiger partial charge in [-0.15, -0.1) is 0 Å². The molecule has 0 saturated carbocycles. The van der Waals surface area contributed by atoms with Crippen molar-refractivity contribution in [1.29, 1.82) is 0 Å². The lowest BCUT2D eigenvalue weighted by Gasteiger charge is -2.34. The van der Waals surface area contributed by atoms with Crippen LogP contribution in [0.3, 0.4) is 0 Å². The molecule has 1 aliphatic rings. The normalized spacial score (nSPS) is 15.7. The fourth-order valence-electron chi connectivity index (χ4n) is 4.31. The molecule has 0 N–H and O–H groups in total. The number of rotatable bonds is 15. The summed E-state index contributed by atoms with van der Waals surface area (Å²) >= 11 is 0. The first kappa shape index (κ1) is 27.3. The molecule has 178 valence electrons. The van der Waals surface area contributed by atoms with Crippen molar-refractivity contribution in [2.75, 3.05) is 32.7 Å². The molecule has 4 nitrogen and oxygen atoms in total. The van der Waals surface area contributed by atoms with E-state index in [2.05, 4.69) is 18.7 Å². The summed E-state index contributed by atoms with van der Waals surface area (Å²) in [5.74, 6) is 0.756. The molecule has 0 aromatic heterocycles. The SMILES string of the molecule is CCCCCCCCCN(CCCCC)CCC1CCN(C(=O)OC(C)(C)C)CC1. The fourth-order valence-corrected chi connectivity index (χ4v) is 4.31. The van der Waals surface area contributed by atoms with Crippen molar-refractivity contribution in [2.24, 2.45) is 5.92 Å². The van der Waals surface area contributed by atoms with Crippen molar-refractivity contribution in [3.8, 4) is 0 Å². The maximum Gasteiger partial charge on any atom is 0.410 e. The Morgan fingerprint density at radius 2 is 1.33 bits per heavy atom. The number of carbonyl (C=O) groups excluding carboxylic acids is 1. The first-order valence-corrected chi connectivity index (χ1v) is 13.1. The Kier molecular flexibility index (Phi) is 14.5. The molecule has 1 saturated heterocycles. The standard InChI is InChI=1S/C26H52N2O2/c1-6-8-10-11-12-13-15-20-27(19-14-9-7-2)21-16-24-17-22-28(23-18-24)25(29)30-26(3,4)5/h24H,6-23H2,1-5H3. The van der Waals surface area contributed by atoms with Gasteiger partial charge in [-0.1, -0.05) is 65.2 Å². The molecule has 1 rings (SSSR count). The molecular weight excluding hydrogens is 372 g/mol. The van der Waals surface area contributed by atoms with Crippen molar-refractivity contribution in [3.05, 3.63) is 0 Å². The lowest BCUT2D eigenvalue weighted by atomic mass is 9.93. The predicted molar refractivity (Wildman–Crippen MR) is 129 cm³/mol.